The van der Waals surface area contributed by atoms with Crippen molar-refractivity contribution in [3.8, 4) is 5.75 Å². The highest BCUT2D eigenvalue weighted by Gasteiger charge is 2.15. The van der Waals surface area contributed by atoms with E-state index in [0.29, 0.717) is 17.4 Å². The molecule has 2 rings (SSSR count). The number of nitrogens with one attached hydrogen (secondary N) is 2. The van der Waals surface area contributed by atoms with Crippen LogP contribution in [0.5, 0.6) is 5.75 Å². The van der Waals surface area contributed by atoms with E-state index < -0.39 is 0 Å². The molecule has 1 atom stereocenters. The number of carbonyl (C=O) groups is 1. The molecule has 1 amide bonds. The maximum atomic E-state index is 11.8. The van der Waals surface area contributed by atoms with Gasteiger partial charge in [0.2, 0.25) is 0 Å². The first-order valence-corrected chi connectivity index (χ1v) is 7.85. The number of rotatable bonds is 5. The zero-order chi connectivity index (χ0) is 15.9. The topological polar surface area (TPSA) is 59.6 Å². The first-order chi connectivity index (χ1) is 10.5. The van der Waals surface area contributed by atoms with Gasteiger partial charge in [-0.3, -0.25) is 4.79 Å². The lowest BCUT2D eigenvalue weighted by Gasteiger charge is -2.14. The van der Waals surface area contributed by atoms with Gasteiger partial charge in [0.25, 0.3) is 5.91 Å². The van der Waals surface area contributed by atoms with E-state index in [1.54, 1.807) is 0 Å². The molecular formula is C16H22N2O3S. The van der Waals surface area contributed by atoms with Crippen molar-refractivity contribution in [1.82, 2.24) is 10.6 Å². The van der Waals surface area contributed by atoms with Crippen molar-refractivity contribution >= 4 is 23.2 Å². The highest BCUT2D eigenvalue weighted by molar-refractivity contribution is 7.80. The molecule has 1 aromatic rings. The minimum Gasteiger partial charge on any atom is -0.483 e. The van der Waals surface area contributed by atoms with Gasteiger partial charge >= 0.3 is 0 Å². The molecule has 6 heteroatoms. The number of ether oxygens (including phenoxy) is 2. The number of hydrogen-bond acceptors (Lipinski definition) is 4. The fraction of sp³-hybridized carbons (Fsp3) is 0.500. The highest BCUT2D eigenvalue weighted by Crippen LogP contribution is 2.18. The van der Waals surface area contributed by atoms with Gasteiger partial charge in [-0.05, 0) is 56.1 Å². The van der Waals surface area contributed by atoms with Crippen LogP contribution < -0.4 is 15.4 Å². The standard InChI is InChI=1S/C16H22N2O3S/c1-11-5-6-12(2)14(8-11)21-10-15(19)18-16(22)17-9-13-4-3-7-20-13/h5-6,8,13H,3-4,7,9-10H2,1-2H3,(H2,17,18,19,22). The second kappa shape index (κ2) is 8.10. The van der Waals surface area contributed by atoms with Crippen LogP contribution in [0, 0.1) is 13.8 Å². The molecule has 0 aliphatic carbocycles. The molecule has 1 fully saturated rings. The van der Waals surface area contributed by atoms with Crippen LogP contribution in [-0.2, 0) is 9.53 Å². The molecule has 0 spiro atoms. The summed E-state index contributed by atoms with van der Waals surface area (Å²) in [5.41, 5.74) is 2.09. The summed E-state index contributed by atoms with van der Waals surface area (Å²) >= 11 is 5.09. The van der Waals surface area contributed by atoms with Crippen LogP contribution in [0.15, 0.2) is 18.2 Å². The Morgan fingerprint density at radius 1 is 1.45 bits per heavy atom. The Hall–Kier alpha value is -1.66. The van der Waals surface area contributed by atoms with Crippen LogP contribution in [0.25, 0.3) is 0 Å². The van der Waals surface area contributed by atoms with Crippen LogP contribution in [0.2, 0.25) is 0 Å². The van der Waals surface area contributed by atoms with Crippen LogP contribution in [0.4, 0.5) is 0 Å². The maximum Gasteiger partial charge on any atom is 0.264 e. The molecule has 1 aromatic carbocycles. The van der Waals surface area contributed by atoms with E-state index in [9.17, 15) is 4.79 Å². The molecule has 5 nitrogen and oxygen atoms in total. The predicted molar refractivity (Wildman–Crippen MR) is 89.1 cm³/mol. The van der Waals surface area contributed by atoms with E-state index >= 15 is 0 Å². The summed E-state index contributed by atoms with van der Waals surface area (Å²) in [7, 11) is 0. The summed E-state index contributed by atoms with van der Waals surface area (Å²) in [4.78, 5) is 11.8. The van der Waals surface area contributed by atoms with Gasteiger partial charge in [0.1, 0.15) is 5.75 Å². The van der Waals surface area contributed by atoms with Gasteiger partial charge in [-0.15, -0.1) is 0 Å². The van der Waals surface area contributed by atoms with E-state index in [2.05, 4.69) is 10.6 Å². The zero-order valence-corrected chi connectivity index (χ0v) is 13.8. The first-order valence-electron chi connectivity index (χ1n) is 7.44. The third-order valence-electron chi connectivity index (χ3n) is 3.47. The average molecular weight is 322 g/mol. The Morgan fingerprint density at radius 2 is 2.27 bits per heavy atom. The van der Waals surface area contributed by atoms with Crippen LogP contribution >= 0.6 is 12.2 Å². The molecule has 1 heterocycles. The highest BCUT2D eigenvalue weighted by atomic mass is 32.1. The number of aryl methyl sites for hydroxylation is 2. The number of amides is 1. The summed E-state index contributed by atoms with van der Waals surface area (Å²) in [5, 5.41) is 5.91. The van der Waals surface area contributed by atoms with Crippen LogP contribution in [0.1, 0.15) is 24.0 Å². The third kappa shape index (κ3) is 5.27. The molecule has 1 aliphatic heterocycles. The van der Waals surface area contributed by atoms with Crippen molar-refractivity contribution in [1.29, 1.82) is 0 Å². The summed E-state index contributed by atoms with van der Waals surface area (Å²) < 4.78 is 11.0. The molecule has 0 radical (unpaired) electrons. The summed E-state index contributed by atoms with van der Waals surface area (Å²) in [6.45, 7) is 5.29. The fourth-order valence-electron chi connectivity index (χ4n) is 2.22. The second-order valence-electron chi connectivity index (χ2n) is 5.45. The Bertz CT molecular complexity index is 542. The number of benzene rings is 1. The fourth-order valence-corrected chi connectivity index (χ4v) is 2.42. The number of thiocarbonyl (C=S) groups is 1. The van der Waals surface area contributed by atoms with Crippen molar-refractivity contribution in [2.75, 3.05) is 19.8 Å². The van der Waals surface area contributed by atoms with Crippen molar-refractivity contribution in [3.63, 3.8) is 0 Å². The molecule has 0 bridgehead atoms. The Labute approximate surface area is 136 Å². The van der Waals surface area contributed by atoms with Gasteiger partial charge in [-0.25, -0.2) is 0 Å². The molecule has 22 heavy (non-hydrogen) atoms. The SMILES string of the molecule is Cc1ccc(C)c(OCC(=O)NC(=S)NCC2CCCO2)c1. The van der Waals surface area contributed by atoms with Gasteiger partial charge < -0.3 is 20.1 Å². The van der Waals surface area contributed by atoms with Crippen molar-refractivity contribution in [2.45, 2.75) is 32.8 Å². The molecule has 0 aromatic heterocycles. The van der Waals surface area contributed by atoms with Gasteiger partial charge in [0.05, 0.1) is 6.10 Å². The zero-order valence-electron chi connectivity index (χ0n) is 13.0. The minimum atomic E-state index is -0.272. The number of carbonyl (C=O) groups excluding carboxylic acids is 1. The molecule has 2 N–H and O–H groups in total. The molecule has 120 valence electrons. The Morgan fingerprint density at radius 3 is 3.00 bits per heavy atom. The van der Waals surface area contributed by atoms with Crippen molar-refractivity contribution < 1.29 is 14.3 Å². The summed E-state index contributed by atoms with van der Waals surface area (Å²) in [6, 6.07) is 5.89. The van der Waals surface area contributed by atoms with Crippen molar-refractivity contribution in [2.24, 2.45) is 0 Å². The van der Waals surface area contributed by atoms with Gasteiger partial charge in [0.15, 0.2) is 11.7 Å². The lowest BCUT2D eigenvalue weighted by atomic mass is 10.1. The van der Waals surface area contributed by atoms with Crippen LogP contribution in [0.3, 0.4) is 0 Å². The third-order valence-corrected chi connectivity index (χ3v) is 3.72. The Kier molecular flexibility index (Phi) is 6.15. The molecular weight excluding hydrogens is 300 g/mol. The van der Waals surface area contributed by atoms with E-state index in [-0.39, 0.29) is 18.6 Å². The van der Waals surface area contributed by atoms with E-state index in [4.69, 9.17) is 21.7 Å². The van der Waals surface area contributed by atoms with E-state index in [0.717, 1.165) is 30.6 Å². The summed E-state index contributed by atoms with van der Waals surface area (Å²) in [6.07, 6.45) is 2.29. The summed E-state index contributed by atoms with van der Waals surface area (Å²) in [5.74, 6) is 0.444. The lowest BCUT2D eigenvalue weighted by molar-refractivity contribution is -0.121. The smallest absolute Gasteiger partial charge is 0.264 e. The molecule has 1 unspecified atom stereocenters. The molecule has 0 saturated carbocycles. The Balaban J connectivity index is 1.70. The molecule has 1 saturated heterocycles. The average Bonchev–Trinajstić information content (AvgIpc) is 2.99. The van der Waals surface area contributed by atoms with Crippen molar-refractivity contribution in [3.05, 3.63) is 29.3 Å². The van der Waals surface area contributed by atoms with Crippen LogP contribution in [-0.4, -0.2) is 36.9 Å². The first kappa shape index (κ1) is 16.7. The quantitative estimate of drug-likeness (QED) is 0.810. The lowest BCUT2D eigenvalue weighted by Crippen LogP contribution is -2.43. The molecule has 1 aliphatic rings. The normalized spacial score (nSPS) is 17.1. The minimum absolute atomic E-state index is 0.0635. The predicted octanol–water partition coefficient (Wildman–Crippen LogP) is 1.85. The van der Waals surface area contributed by atoms with Gasteiger partial charge in [-0.1, -0.05) is 12.1 Å². The maximum absolute atomic E-state index is 11.8. The van der Waals surface area contributed by atoms with E-state index in [1.807, 2.05) is 32.0 Å². The van der Waals surface area contributed by atoms with Gasteiger partial charge in [-0.2, -0.15) is 0 Å². The second-order valence-corrected chi connectivity index (χ2v) is 5.86. The van der Waals surface area contributed by atoms with Gasteiger partial charge in [0, 0.05) is 13.2 Å². The largest absolute Gasteiger partial charge is 0.483 e. The monoisotopic (exact) mass is 322 g/mol. The number of hydrogen-bond donors (Lipinski definition) is 2. The van der Waals surface area contributed by atoms with E-state index in [1.165, 1.54) is 0 Å².